The van der Waals surface area contributed by atoms with Crippen LogP contribution in [0, 0.1) is 0 Å². The molecule has 1 fully saturated rings. The lowest BCUT2D eigenvalue weighted by molar-refractivity contribution is -0.123. The maximum absolute atomic E-state index is 13.1. The first kappa shape index (κ1) is 16.6. The van der Waals surface area contributed by atoms with Crippen molar-refractivity contribution in [1.82, 2.24) is 10.6 Å². The van der Waals surface area contributed by atoms with Gasteiger partial charge in [0.2, 0.25) is 5.91 Å². The van der Waals surface area contributed by atoms with Crippen molar-refractivity contribution in [2.24, 2.45) is 0 Å². The molecule has 2 aromatic carbocycles. The van der Waals surface area contributed by atoms with Crippen molar-refractivity contribution in [3.63, 3.8) is 0 Å². The molecule has 1 heterocycles. The summed E-state index contributed by atoms with van der Waals surface area (Å²) in [6.07, 6.45) is -0.436. The van der Waals surface area contributed by atoms with Gasteiger partial charge in [-0.15, -0.1) is 12.4 Å². The van der Waals surface area contributed by atoms with Gasteiger partial charge in [-0.3, -0.25) is 10.1 Å². The SMILES string of the molecule is Cl.O=C(NCc1cccc2ccccc12)C1CC(F)(F)CN1. The number of amides is 1. The van der Waals surface area contributed by atoms with Gasteiger partial charge in [-0.05, 0) is 16.3 Å². The van der Waals surface area contributed by atoms with Crippen molar-refractivity contribution in [3.8, 4) is 0 Å². The molecule has 118 valence electrons. The van der Waals surface area contributed by atoms with Gasteiger partial charge < -0.3 is 5.32 Å². The molecule has 0 aromatic heterocycles. The Morgan fingerprint density at radius 1 is 1.23 bits per heavy atom. The molecule has 6 heteroatoms. The van der Waals surface area contributed by atoms with Crippen molar-refractivity contribution in [2.45, 2.75) is 24.9 Å². The van der Waals surface area contributed by atoms with Crippen LogP contribution in [-0.2, 0) is 11.3 Å². The zero-order chi connectivity index (χ0) is 14.9. The van der Waals surface area contributed by atoms with E-state index in [9.17, 15) is 13.6 Å². The fraction of sp³-hybridized carbons (Fsp3) is 0.312. The maximum atomic E-state index is 13.1. The first-order chi connectivity index (χ1) is 10.1. The summed E-state index contributed by atoms with van der Waals surface area (Å²) >= 11 is 0. The number of benzene rings is 2. The van der Waals surface area contributed by atoms with E-state index in [4.69, 9.17) is 0 Å². The Balaban J connectivity index is 0.00000176. The fourth-order valence-electron chi connectivity index (χ4n) is 2.65. The second-order valence-corrected chi connectivity index (χ2v) is 5.35. The van der Waals surface area contributed by atoms with E-state index in [2.05, 4.69) is 10.6 Å². The van der Waals surface area contributed by atoms with Crippen LogP contribution < -0.4 is 10.6 Å². The Hall–Kier alpha value is -1.72. The van der Waals surface area contributed by atoms with E-state index in [0.29, 0.717) is 6.54 Å². The number of alkyl halides is 2. The molecule has 1 aliphatic heterocycles. The lowest BCUT2D eigenvalue weighted by atomic mass is 10.0. The van der Waals surface area contributed by atoms with Crippen LogP contribution >= 0.6 is 12.4 Å². The van der Waals surface area contributed by atoms with Crippen LogP contribution in [-0.4, -0.2) is 24.4 Å². The quantitative estimate of drug-likeness (QED) is 0.910. The fourth-order valence-corrected chi connectivity index (χ4v) is 2.65. The molecule has 3 rings (SSSR count). The van der Waals surface area contributed by atoms with Crippen molar-refractivity contribution < 1.29 is 13.6 Å². The van der Waals surface area contributed by atoms with Crippen LogP contribution in [0.4, 0.5) is 8.78 Å². The van der Waals surface area contributed by atoms with Crippen molar-refractivity contribution in [1.29, 1.82) is 0 Å². The molecule has 0 spiro atoms. The number of carbonyl (C=O) groups excluding carboxylic acids is 1. The Bertz CT molecular complexity index is 673. The highest BCUT2D eigenvalue weighted by Gasteiger charge is 2.42. The molecular weight excluding hydrogens is 310 g/mol. The summed E-state index contributed by atoms with van der Waals surface area (Å²) in [6, 6.07) is 12.9. The molecule has 1 saturated heterocycles. The molecule has 2 N–H and O–H groups in total. The van der Waals surface area contributed by atoms with Gasteiger partial charge in [0.25, 0.3) is 5.92 Å². The summed E-state index contributed by atoms with van der Waals surface area (Å²) in [5.41, 5.74) is 0.978. The highest BCUT2D eigenvalue weighted by Crippen LogP contribution is 2.25. The summed E-state index contributed by atoms with van der Waals surface area (Å²) in [7, 11) is 0. The summed E-state index contributed by atoms with van der Waals surface area (Å²) < 4.78 is 26.2. The smallest absolute Gasteiger partial charge is 0.262 e. The highest BCUT2D eigenvalue weighted by molar-refractivity contribution is 5.87. The average Bonchev–Trinajstić information content (AvgIpc) is 2.85. The van der Waals surface area contributed by atoms with E-state index in [-0.39, 0.29) is 18.3 Å². The second kappa shape index (κ2) is 6.58. The second-order valence-electron chi connectivity index (χ2n) is 5.35. The minimum Gasteiger partial charge on any atom is -0.351 e. The van der Waals surface area contributed by atoms with Gasteiger partial charge in [0.1, 0.15) is 0 Å². The third kappa shape index (κ3) is 3.54. The third-order valence-corrected chi connectivity index (χ3v) is 3.76. The van der Waals surface area contributed by atoms with E-state index in [1.54, 1.807) is 0 Å². The Labute approximate surface area is 133 Å². The zero-order valence-electron chi connectivity index (χ0n) is 11.8. The number of hydrogen-bond donors (Lipinski definition) is 2. The average molecular weight is 327 g/mol. The predicted molar refractivity (Wildman–Crippen MR) is 84.4 cm³/mol. The number of fused-ring (bicyclic) bond motifs is 1. The van der Waals surface area contributed by atoms with Crippen molar-refractivity contribution >= 4 is 29.1 Å². The number of halogens is 3. The van der Waals surface area contributed by atoms with E-state index in [1.165, 1.54) is 0 Å². The van der Waals surface area contributed by atoms with Gasteiger partial charge in [-0.25, -0.2) is 8.78 Å². The van der Waals surface area contributed by atoms with Crippen LogP contribution in [0.3, 0.4) is 0 Å². The standard InChI is InChI=1S/C16H16F2N2O.ClH/c17-16(18)8-14(20-10-16)15(21)19-9-12-6-3-5-11-4-1-2-7-13(11)12;/h1-7,14,20H,8-10H2,(H,19,21);1H. The highest BCUT2D eigenvalue weighted by atomic mass is 35.5. The first-order valence-corrected chi connectivity index (χ1v) is 6.91. The molecule has 3 nitrogen and oxygen atoms in total. The van der Waals surface area contributed by atoms with E-state index >= 15 is 0 Å². The van der Waals surface area contributed by atoms with Crippen molar-refractivity contribution in [2.75, 3.05) is 6.54 Å². The van der Waals surface area contributed by atoms with Crippen LogP contribution in [0.25, 0.3) is 10.8 Å². The molecular formula is C16H17ClF2N2O. The van der Waals surface area contributed by atoms with Gasteiger partial charge in [0.05, 0.1) is 12.6 Å². The number of rotatable bonds is 3. The van der Waals surface area contributed by atoms with E-state index in [0.717, 1.165) is 16.3 Å². The molecule has 22 heavy (non-hydrogen) atoms. The molecule has 1 aliphatic rings. The minimum atomic E-state index is -2.79. The molecule has 1 unspecified atom stereocenters. The Kier molecular flexibility index (Phi) is 4.98. The Morgan fingerprint density at radius 2 is 1.95 bits per heavy atom. The van der Waals surface area contributed by atoms with Crippen LogP contribution in [0.15, 0.2) is 42.5 Å². The zero-order valence-corrected chi connectivity index (χ0v) is 12.6. The van der Waals surface area contributed by atoms with Gasteiger partial charge in [-0.2, -0.15) is 0 Å². The van der Waals surface area contributed by atoms with Gasteiger partial charge in [0.15, 0.2) is 0 Å². The Morgan fingerprint density at radius 3 is 2.68 bits per heavy atom. The molecule has 0 radical (unpaired) electrons. The lowest BCUT2D eigenvalue weighted by Crippen LogP contribution is -2.40. The van der Waals surface area contributed by atoms with Gasteiger partial charge >= 0.3 is 0 Å². The monoisotopic (exact) mass is 326 g/mol. The number of carbonyl (C=O) groups is 1. The lowest BCUT2D eigenvalue weighted by Gasteiger charge is -2.12. The number of hydrogen-bond acceptors (Lipinski definition) is 2. The van der Waals surface area contributed by atoms with Crippen molar-refractivity contribution in [3.05, 3.63) is 48.0 Å². The molecule has 0 saturated carbocycles. The van der Waals surface area contributed by atoms with E-state index < -0.39 is 24.9 Å². The molecule has 2 aromatic rings. The van der Waals surface area contributed by atoms with Crippen LogP contribution in [0.2, 0.25) is 0 Å². The molecule has 1 amide bonds. The summed E-state index contributed by atoms with van der Waals surface area (Å²) in [6.45, 7) is -0.0940. The molecule has 0 aliphatic carbocycles. The first-order valence-electron chi connectivity index (χ1n) is 6.91. The summed E-state index contributed by atoms with van der Waals surface area (Å²) in [4.78, 5) is 11.9. The normalized spacial score (nSPS) is 19.6. The van der Waals surface area contributed by atoms with Gasteiger partial charge in [0, 0.05) is 13.0 Å². The largest absolute Gasteiger partial charge is 0.351 e. The molecule has 0 bridgehead atoms. The van der Waals surface area contributed by atoms with Crippen LogP contribution in [0.5, 0.6) is 0 Å². The predicted octanol–water partition coefficient (Wildman–Crippen LogP) is 2.88. The number of nitrogens with one attached hydrogen (secondary N) is 2. The van der Waals surface area contributed by atoms with E-state index in [1.807, 2.05) is 42.5 Å². The van der Waals surface area contributed by atoms with Crippen LogP contribution in [0.1, 0.15) is 12.0 Å². The summed E-state index contributed by atoms with van der Waals surface area (Å²) in [5, 5.41) is 7.45. The maximum Gasteiger partial charge on any atom is 0.262 e. The molecule has 1 atom stereocenters. The topological polar surface area (TPSA) is 41.1 Å². The third-order valence-electron chi connectivity index (χ3n) is 3.76. The minimum absolute atomic E-state index is 0. The summed E-state index contributed by atoms with van der Waals surface area (Å²) in [5.74, 6) is -3.17. The van der Waals surface area contributed by atoms with Gasteiger partial charge in [-0.1, -0.05) is 42.5 Å².